The van der Waals surface area contributed by atoms with Crippen molar-refractivity contribution < 1.29 is 93.7 Å². The van der Waals surface area contributed by atoms with Gasteiger partial charge in [-0.25, -0.2) is 0 Å². The van der Waals surface area contributed by atoms with Crippen molar-refractivity contribution >= 4 is 6.29 Å². The number of hydrogen-bond donors (Lipinski definition) is 1. The topological polar surface area (TPSA) is 37.3 Å². The molecule has 1 N–H and O–H groups in total. The summed E-state index contributed by atoms with van der Waals surface area (Å²) in [6.45, 7) is -0.361. The second kappa shape index (κ2) is 15.7. The number of aliphatic hydroxyl groups excluding tert-OH is 1. The molecule has 6 heavy (non-hydrogen) atoms. The van der Waals surface area contributed by atoms with E-state index in [4.69, 9.17) is 9.90 Å². The largest absolute Gasteiger partial charge is 1.00 e. The molecule has 0 aliphatic rings. The number of rotatable bonds is 1. The fraction of sp³-hybridized carbons (Fsp3) is 0.500. The van der Waals surface area contributed by atoms with Gasteiger partial charge in [-0.1, -0.05) is 0 Å². The van der Waals surface area contributed by atoms with Gasteiger partial charge in [-0.3, -0.25) is 0 Å². The zero-order valence-corrected chi connectivity index (χ0v) is 9.26. The Morgan fingerprint density at radius 2 is 2.00 bits per heavy atom. The van der Waals surface area contributed by atoms with E-state index in [1.807, 2.05) is 0 Å². The Bertz CT molecular complexity index is 32.0. The van der Waals surface area contributed by atoms with Crippen molar-refractivity contribution in [2.24, 2.45) is 0 Å². The normalized spacial score (nSPS) is 4.17. The molecule has 0 radical (unpaired) electrons. The quantitative estimate of drug-likeness (QED) is 0.279. The Labute approximate surface area is 104 Å². The first-order chi connectivity index (χ1) is 1.91. The molecule has 0 rings (SSSR count). The van der Waals surface area contributed by atoms with Crippen LogP contribution in [-0.2, 0) is 4.79 Å². The molecule has 0 saturated heterocycles. The smallest absolute Gasteiger partial charge is 1.00 e. The average molecular weight is 124 g/mol. The molecule has 0 heterocycles. The minimum absolute atomic E-state index is 0. The molecule has 0 aromatic carbocycles. The first-order valence-corrected chi connectivity index (χ1v) is 0.960. The second-order valence-corrected chi connectivity index (χ2v) is 0.349. The van der Waals surface area contributed by atoms with Crippen molar-refractivity contribution in [2.75, 3.05) is 6.61 Å². The molecular formula is C2H6KNaO2. The van der Waals surface area contributed by atoms with Gasteiger partial charge in [0.1, 0.15) is 6.29 Å². The Balaban J connectivity index is -0.00000000750. The maximum atomic E-state index is 8.92. The number of carbonyl (C=O) groups excluding carboxylic acids is 1. The van der Waals surface area contributed by atoms with Gasteiger partial charge in [-0.2, -0.15) is 0 Å². The van der Waals surface area contributed by atoms with Crippen molar-refractivity contribution in [1.29, 1.82) is 0 Å². The Morgan fingerprint density at radius 3 is 2.00 bits per heavy atom. The van der Waals surface area contributed by atoms with Gasteiger partial charge in [-0.05, 0) is 0 Å². The fourth-order valence-corrected chi connectivity index (χ4v) is 0. The van der Waals surface area contributed by atoms with Crippen LogP contribution in [0.25, 0.3) is 0 Å². The number of aldehydes is 1. The third kappa shape index (κ3) is 16.3. The molecule has 0 atom stereocenters. The van der Waals surface area contributed by atoms with Crippen molar-refractivity contribution in [3.05, 3.63) is 0 Å². The van der Waals surface area contributed by atoms with Gasteiger partial charge in [0.2, 0.25) is 0 Å². The molecule has 0 amide bonds. The van der Waals surface area contributed by atoms with Crippen molar-refractivity contribution in [1.82, 2.24) is 0 Å². The van der Waals surface area contributed by atoms with Crippen molar-refractivity contribution in [3.63, 3.8) is 0 Å². The first-order valence-electron chi connectivity index (χ1n) is 0.960. The van der Waals surface area contributed by atoms with Gasteiger partial charge < -0.3 is 12.8 Å². The first kappa shape index (κ1) is 15.7. The van der Waals surface area contributed by atoms with Gasteiger partial charge in [0.25, 0.3) is 0 Å². The molecule has 0 fully saturated rings. The molecule has 0 spiro atoms. The van der Waals surface area contributed by atoms with Crippen LogP contribution in [-0.4, -0.2) is 18.0 Å². The molecular weight excluding hydrogens is 118 g/mol. The van der Waals surface area contributed by atoms with Crippen LogP contribution < -0.4 is 80.9 Å². The zero-order chi connectivity index (χ0) is 3.41. The maximum absolute atomic E-state index is 8.92. The molecule has 0 aromatic heterocycles. The molecule has 0 aromatic rings. The van der Waals surface area contributed by atoms with E-state index in [-0.39, 0.29) is 90.4 Å². The molecule has 2 nitrogen and oxygen atoms in total. The predicted octanol–water partition coefficient (Wildman–Crippen LogP) is -6.59. The van der Waals surface area contributed by atoms with E-state index in [0.29, 0.717) is 6.29 Å². The van der Waals surface area contributed by atoms with Gasteiger partial charge in [0, 0.05) is 0 Å². The van der Waals surface area contributed by atoms with Crippen LogP contribution in [0.4, 0.5) is 0 Å². The van der Waals surface area contributed by atoms with Gasteiger partial charge in [0.05, 0.1) is 6.61 Å². The standard InChI is InChI=1S/C2H4O2.K.Na.2H/c3-1-2-4;;;;/h1,4H,2H2;;;;/q;2*+1;2*-1. The third-order valence-corrected chi connectivity index (χ3v) is 0.0745. The number of aliphatic hydroxyl groups is 1. The van der Waals surface area contributed by atoms with Crippen LogP contribution in [0.2, 0.25) is 0 Å². The summed E-state index contributed by atoms with van der Waals surface area (Å²) in [7, 11) is 0. The zero-order valence-electron chi connectivity index (χ0n) is 6.14. The monoisotopic (exact) mass is 124 g/mol. The van der Waals surface area contributed by atoms with Crippen LogP contribution in [0.15, 0.2) is 0 Å². The molecule has 0 unspecified atom stereocenters. The van der Waals surface area contributed by atoms with Crippen LogP contribution in [0, 0.1) is 0 Å². The summed E-state index contributed by atoms with van der Waals surface area (Å²) in [6.07, 6.45) is 0.431. The second-order valence-electron chi connectivity index (χ2n) is 0.349. The molecule has 28 valence electrons. The van der Waals surface area contributed by atoms with Crippen LogP contribution in [0.1, 0.15) is 2.85 Å². The van der Waals surface area contributed by atoms with Crippen LogP contribution >= 0.6 is 0 Å². The summed E-state index contributed by atoms with van der Waals surface area (Å²) in [5, 5.41) is 7.51. The minimum Gasteiger partial charge on any atom is -1.00 e. The summed E-state index contributed by atoms with van der Waals surface area (Å²) in [5.74, 6) is 0. The van der Waals surface area contributed by atoms with E-state index < -0.39 is 0 Å². The molecule has 0 saturated carbocycles. The average Bonchev–Trinajstić information content (AvgIpc) is 1.37. The predicted molar refractivity (Wildman–Crippen MR) is 15.4 cm³/mol. The summed E-state index contributed by atoms with van der Waals surface area (Å²) >= 11 is 0. The van der Waals surface area contributed by atoms with E-state index in [1.165, 1.54) is 0 Å². The summed E-state index contributed by atoms with van der Waals surface area (Å²) in [5.41, 5.74) is 0. The summed E-state index contributed by atoms with van der Waals surface area (Å²) < 4.78 is 0. The van der Waals surface area contributed by atoms with Crippen molar-refractivity contribution in [3.8, 4) is 0 Å². The Morgan fingerprint density at radius 1 is 1.83 bits per heavy atom. The van der Waals surface area contributed by atoms with E-state index >= 15 is 0 Å². The van der Waals surface area contributed by atoms with Gasteiger partial charge in [-0.15, -0.1) is 0 Å². The summed E-state index contributed by atoms with van der Waals surface area (Å²) in [4.78, 5) is 8.92. The van der Waals surface area contributed by atoms with Crippen molar-refractivity contribution in [2.45, 2.75) is 0 Å². The Hall–Kier alpha value is 2.27. The van der Waals surface area contributed by atoms with Gasteiger partial charge in [0.15, 0.2) is 0 Å². The minimum atomic E-state index is -0.361. The molecule has 0 aliphatic carbocycles. The van der Waals surface area contributed by atoms with E-state index in [0.717, 1.165) is 0 Å². The van der Waals surface area contributed by atoms with Crippen LogP contribution in [0.5, 0.6) is 0 Å². The SMILES string of the molecule is O=CCO.[H-].[H-].[K+].[Na+]. The third-order valence-electron chi connectivity index (χ3n) is 0.0745. The van der Waals surface area contributed by atoms with E-state index in [2.05, 4.69) is 0 Å². The van der Waals surface area contributed by atoms with E-state index in [1.54, 1.807) is 0 Å². The van der Waals surface area contributed by atoms with Crippen LogP contribution in [0.3, 0.4) is 0 Å². The summed E-state index contributed by atoms with van der Waals surface area (Å²) in [6, 6.07) is 0. The molecule has 0 aliphatic heterocycles. The number of carbonyl (C=O) groups is 1. The van der Waals surface area contributed by atoms with Gasteiger partial charge >= 0.3 is 80.9 Å². The maximum Gasteiger partial charge on any atom is 1.00 e. The molecule has 4 heteroatoms. The Kier molecular flexibility index (Phi) is 41.1. The fourth-order valence-electron chi connectivity index (χ4n) is 0. The number of hydrogen-bond acceptors (Lipinski definition) is 2. The molecule has 0 bridgehead atoms. The van der Waals surface area contributed by atoms with E-state index in [9.17, 15) is 0 Å².